The van der Waals surface area contributed by atoms with E-state index in [9.17, 15) is 0 Å². The van der Waals surface area contributed by atoms with Crippen molar-refractivity contribution in [3.05, 3.63) is 27.7 Å². The van der Waals surface area contributed by atoms with Gasteiger partial charge in [-0.1, -0.05) is 31.9 Å². The molecule has 1 aliphatic carbocycles. The minimum Gasteiger partial charge on any atom is -0.493 e. The van der Waals surface area contributed by atoms with Crippen molar-refractivity contribution in [2.24, 2.45) is 5.41 Å². The average molecular weight is 346 g/mol. The normalized spacial score (nSPS) is 20.4. The Morgan fingerprint density at radius 3 is 2.81 bits per heavy atom. The van der Waals surface area contributed by atoms with Crippen molar-refractivity contribution >= 4 is 31.9 Å². The molecule has 2 aliphatic rings. The lowest BCUT2D eigenvalue weighted by Gasteiger charge is -2.14. The van der Waals surface area contributed by atoms with Crippen molar-refractivity contribution in [3.63, 3.8) is 0 Å². The van der Waals surface area contributed by atoms with Crippen LogP contribution in [0.3, 0.4) is 0 Å². The number of fused-ring (bicyclic) bond motifs is 1. The molecule has 1 aromatic rings. The van der Waals surface area contributed by atoms with E-state index in [1.165, 1.54) is 28.4 Å². The molecule has 0 unspecified atom stereocenters. The summed E-state index contributed by atoms with van der Waals surface area (Å²) in [7, 11) is 0. The van der Waals surface area contributed by atoms with E-state index in [-0.39, 0.29) is 0 Å². The molecule has 16 heavy (non-hydrogen) atoms. The van der Waals surface area contributed by atoms with Crippen LogP contribution < -0.4 is 4.74 Å². The molecule has 0 saturated heterocycles. The van der Waals surface area contributed by atoms with Gasteiger partial charge in [-0.05, 0) is 47.9 Å². The zero-order valence-electron chi connectivity index (χ0n) is 9.06. The molecule has 3 rings (SSSR count). The number of rotatable bonds is 3. The second kappa shape index (κ2) is 4.02. The monoisotopic (exact) mass is 344 g/mol. The summed E-state index contributed by atoms with van der Waals surface area (Å²) in [6.45, 7) is 0.847. The molecule has 86 valence electrons. The highest BCUT2D eigenvalue weighted by Crippen LogP contribution is 2.51. The number of hydrogen-bond acceptors (Lipinski definition) is 1. The lowest BCUT2D eigenvalue weighted by atomic mass is 9.96. The summed E-state index contributed by atoms with van der Waals surface area (Å²) in [5, 5.41) is 1.11. The van der Waals surface area contributed by atoms with Crippen LogP contribution in [-0.4, -0.2) is 11.9 Å². The zero-order valence-corrected chi connectivity index (χ0v) is 12.2. The summed E-state index contributed by atoms with van der Waals surface area (Å²) in [4.78, 5) is 0. The van der Waals surface area contributed by atoms with Gasteiger partial charge in [0.25, 0.3) is 0 Å². The van der Waals surface area contributed by atoms with Crippen LogP contribution in [0, 0.1) is 5.41 Å². The standard InChI is InChI=1S/C13H14Br2O/c14-8-13(2-3-13)7-10-6-11(15)5-9-1-4-16-12(9)10/h5-6H,1-4,7-8H2. The molecule has 1 nitrogen and oxygen atoms in total. The Morgan fingerprint density at radius 2 is 2.12 bits per heavy atom. The fourth-order valence-corrected chi connectivity index (χ4v) is 3.73. The Bertz CT molecular complexity index is 424. The molecule has 0 bridgehead atoms. The highest BCUT2D eigenvalue weighted by atomic mass is 79.9. The van der Waals surface area contributed by atoms with Crippen LogP contribution in [0.2, 0.25) is 0 Å². The van der Waals surface area contributed by atoms with Gasteiger partial charge in [0, 0.05) is 16.2 Å². The summed E-state index contributed by atoms with van der Waals surface area (Å²) in [6.07, 6.45) is 4.90. The van der Waals surface area contributed by atoms with E-state index >= 15 is 0 Å². The van der Waals surface area contributed by atoms with Crippen LogP contribution in [0.15, 0.2) is 16.6 Å². The second-order valence-corrected chi connectivity index (χ2v) is 6.44. The van der Waals surface area contributed by atoms with E-state index in [2.05, 4.69) is 44.0 Å². The van der Waals surface area contributed by atoms with Crippen LogP contribution in [-0.2, 0) is 12.8 Å². The van der Waals surface area contributed by atoms with Crippen LogP contribution in [0.25, 0.3) is 0 Å². The van der Waals surface area contributed by atoms with Gasteiger partial charge < -0.3 is 4.74 Å². The van der Waals surface area contributed by atoms with Crippen molar-refractivity contribution in [1.82, 2.24) is 0 Å². The number of halogens is 2. The minimum absolute atomic E-state index is 0.514. The maximum atomic E-state index is 5.77. The summed E-state index contributed by atoms with van der Waals surface area (Å²) in [6, 6.07) is 4.42. The fraction of sp³-hybridized carbons (Fsp3) is 0.538. The van der Waals surface area contributed by atoms with E-state index in [1.54, 1.807) is 0 Å². The van der Waals surface area contributed by atoms with E-state index < -0.39 is 0 Å². The second-order valence-electron chi connectivity index (χ2n) is 4.96. The van der Waals surface area contributed by atoms with Gasteiger partial charge in [-0.2, -0.15) is 0 Å². The first kappa shape index (κ1) is 11.1. The molecule has 1 saturated carbocycles. The maximum absolute atomic E-state index is 5.77. The highest BCUT2D eigenvalue weighted by molar-refractivity contribution is 9.10. The van der Waals surface area contributed by atoms with Crippen molar-refractivity contribution in [3.8, 4) is 5.75 Å². The van der Waals surface area contributed by atoms with Gasteiger partial charge in [-0.3, -0.25) is 0 Å². The van der Waals surface area contributed by atoms with Gasteiger partial charge in [-0.25, -0.2) is 0 Å². The molecule has 1 aromatic carbocycles. The zero-order chi connectivity index (χ0) is 11.2. The SMILES string of the molecule is BrCC1(Cc2cc(Br)cc3c2OCC3)CC1. The number of alkyl halides is 1. The van der Waals surface area contributed by atoms with Crippen LogP contribution in [0.5, 0.6) is 5.75 Å². The van der Waals surface area contributed by atoms with Gasteiger partial charge in [0.15, 0.2) is 0 Å². The van der Waals surface area contributed by atoms with Gasteiger partial charge in [-0.15, -0.1) is 0 Å². The fourth-order valence-electron chi connectivity index (χ4n) is 2.42. The smallest absolute Gasteiger partial charge is 0.125 e. The predicted octanol–water partition coefficient (Wildman–Crippen LogP) is 4.10. The Balaban J connectivity index is 1.94. The van der Waals surface area contributed by atoms with Crippen molar-refractivity contribution in [1.29, 1.82) is 0 Å². The lowest BCUT2D eigenvalue weighted by Crippen LogP contribution is -2.07. The first-order valence-electron chi connectivity index (χ1n) is 5.73. The third-order valence-electron chi connectivity index (χ3n) is 3.63. The molecular weight excluding hydrogens is 332 g/mol. The molecular formula is C13H14Br2O. The van der Waals surface area contributed by atoms with Crippen molar-refractivity contribution in [2.75, 3.05) is 11.9 Å². The summed E-state index contributed by atoms with van der Waals surface area (Å²) >= 11 is 7.24. The van der Waals surface area contributed by atoms with E-state index in [4.69, 9.17) is 4.74 Å². The van der Waals surface area contributed by atoms with Gasteiger partial charge >= 0.3 is 0 Å². The van der Waals surface area contributed by atoms with Crippen LogP contribution in [0.4, 0.5) is 0 Å². The highest BCUT2D eigenvalue weighted by Gasteiger charge is 2.42. The molecule has 1 fully saturated rings. The molecule has 0 N–H and O–H groups in total. The van der Waals surface area contributed by atoms with Gasteiger partial charge in [0.05, 0.1) is 6.61 Å². The third-order valence-corrected chi connectivity index (χ3v) is 5.28. The Labute approximate surface area is 113 Å². The van der Waals surface area contributed by atoms with Crippen molar-refractivity contribution in [2.45, 2.75) is 25.7 Å². The lowest BCUT2D eigenvalue weighted by molar-refractivity contribution is 0.351. The maximum Gasteiger partial charge on any atom is 0.125 e. The molecule has 3 heteroatoms. The summed E-state index contributed by atoms with van der Waals surface area (Å²) in [5.74, 6) is 1.16. The molecule has 1 heterocycles. The van der Waals surface area contributed by atoms with Gasteiger partial charge in [0.1, 0.15) is 5.75 Å². The number of benzene rings is 1. The Morgan fingerprint density at radius 1 is 1.31 bits per heavy atom. The van der Waals surface area contributed by atoms with Crippen LogP contribution >= 0.6 is 31.9 Å². The Kier molecular flexibility index (Phi) is 2.79. The van der Waals surface area contributed by atoms with Gasteiger partial charge in [0.2, 0.25) is 0 Å². The van der Waals surface area contributed by atoms with E-state index in [1.807, 2.05) is 0 Å². The van der Waals surface area contributed by atoms with E-state index in [0.29, 0.717) is 5.41 Å². The number of ether oxygens (including phenoxy) is 1. The molecule has 1 aliphatic heterocycles. The summed E-state index contributed by atoms with van der Waals surface area (Å²) in [5.41, 5.74) is 3.27. The topological polar surface area (TPSA) is 9.23 Å². The number of hydrogen-bond donors (Lipinski definition) is 0. The quantitative estimate of drug-likeness (QED) is 0.749. The third kappa shape index (κ3) is 1.92. The van der Waals surface area contributed by atoms with E-state index in [0.717, 1.165) is 30.5 Å². The minimum atomic E-state index is 0.514. The molecule has 0 atom stereocenters. The largest absolute Gasteiger partial charge is 0.493 e. The first-order valence-corrected chi connectivity index (χ1v) is 7.64. The molecule has 0 radical (unpaired) electrons. The summed E-state index contributed by atoms with van der Waals surface area (Å²) < 4.78 is 6.96. The molecule has 0 aromatic heterocycles. The van der Waals surface area contributed by atoms with Crippen LogP contribution in [0.1, 0.15) is 24.0 Å². The molecule has 0 amide bonds. The Hall–Kier alpha value is -0.0200. The average Bonchev–Trinajstić information content (AvgIpc) is 2.87. The van der Waals surface area contributed by atoms with Crippen molar-refractivity contribution < 1.29 is 4.74 Å². The first-order chi connectivity index (χ1) is 7.72. The molecule has 0 spiro atoms. The predicted molar refractivity (Wildman–Crippen MR) is 72.5 cm³/mol.